The molecule has 0 radical (unpaired) electrons. The van der Waals surface area contributed by atoms with E-state index < -0.39 is 11.7 Å². The van der Waals surface area contributed by atoms with Gasteiger partial charge in [-0.3, -0.25) is 4.79 Å². The normalized spacial score (nSPS) is 10.3. The number of thiazole rings is 1. The van der Waals surface area contributed by atoms with Crippen molar-refractivity contribution in [2.45, 2.75) is 6.92 Å². The monoisotopic (exact) mass is 369 g/mol. The highest BCUT2D eigenvalue weighted by Gasteiger charge is 2.08. The van der Waals surface area contributed by atoms with Crippen LogP contribution in [0.3, 0.4) is 0 Å². The highest BCUT2D eigenvalue weighted by molar-refractivity contribution is 7.14. The van der Waals surface area contributed by atoms with Crippen LogP contribution in [-0.4, -0.2) is 22.0 Å². The second kappa shape index (κ2) is 7.24. The Hall–Kier alpha value is -3.39. The summed E-state index contributed by atoms with van der Waals surface area (Å²) in [6.45, 7) is 1.34. The number of nitrogens with zero attached hydrogens (tertiary/aromatic N) is 1. The number of anilines is 2. The summed E-state index contributed by atoms with van der Waals surface area (Å²) in [6.07, 6.45) is 0. The summed E-state index contributed by atoms with van der Waals surface area (Å²) in [4.78, 5) is 26.2. The zero-order valence-electron chi connectivity index (χ0n) is 13.6. The van der Waals surface area contributed by atoms with E-state index in [2.05, 4.69) is 10.3 Å². The lowest BCUT2D eigenvalue weighted by Crippen LogP contribution is -2.04. The third-order valence-corrected chi connectivity index (χ3v) is 4.14. The van der Waals surface area contributed by atoms with Crippen molar-refractivity contribution in [1.29, 1.82) is 0 Å². The molecule has 0 saturated carbocycles. The maximum Gasteiger partial charge on any atom is 0.335 e. The van der Waals surface area contributed by atoms with Crippen molar-refractivity contribution in [1.82, 2.24) is 4.98 Å². The number of rotatable bonds is 5. The van der Waals surface area contributed by atoms with E-state index >= 15 is 0 Å². The fourth-order valence-electron chi connectivity index (χ4n) is 2.22. The number of ether oxygens (including phenoxy) is 1. The molecule has 3 aromatic rings. The number of carbonyl (C=O) groups excluding carboxylic acids is 1. The molecule has 7 nitrogen and oxygen atoms in total. The number of esters is 1. The zero-order chi connectivity index (χ0) is 18.7. The molecule has 0 bridgehead atoms. The summed E-state index contributed by atoms with van der Waals surface area (Å²) in [6, 6.07) is 10.9. The van der Waals surface area contributed by atoms with Crippen LogP contribution in [-0.2, 0) is 4.79 Å². The van der Waals surface area contributed by atoms with E-state index in [-0.39, 0.29) is 11.5 Å². The first-order chi connectivity index (χ1) is 12.4. The minimum absolute atomic E-state index is 0.275. The van der Waals surface area contributed by atoms with E-state index in [0.29, 0.717) is 16.6 Å². The average Bonchev–Trinajstić information content (AvgIpc) is 3.03. The van der Waals surface area contributed by atoms with Gasteiger partial charge in [-0.15, -0.1) is 11.3 Å². The van der Waals surface area contributed by atoms with E-state index in [1.54, 1.807) is 24.3 Å². The van der Waals surface area contributed by atoms with Crippen LogP contribution in [0.4, 0.5) is 10.8 Å². The summed E-state index contributed by atoms with van der Waals surface area (Å²) < 4.78 is 4.99. The van der Waals surface area contributed by atoms with E-state index in [0.717, 1.165) is 11.3 Å². The van der Waals surface area contributed by atoms with Crippen LogP contribution in [0.2, 0.25) is 0 Å². The molecule has 0 unspecified atom stereocenters. The molecule has 1 heterocycles. The number of aromatic nitrogens is 1. The zero-order valence-corrected chi connectivity index (χ0v) is 14.4. The number of aromatic carboxylic acids is 1. The molecular weight excluding hydrogens is 356 g/mol. The van der Waals surface area contributed by atoms with Crippen LogP contribution >= 0.6 is 11.3 Å². The molecule has 1 aromatic heterocycles. The fourth-order valence-corrected chi connectivity index (χ4v) is 2.96. The van der Waals surface area contributed by atoms with Gasteiger partial charge in [-0.2, -0.15) is 0 Å². The van der Waals surface area contributed by atoms with E-state index in [9.17, 15) is 14.7 Å². The second-order valence-corrected chi connectivity index (χ2v) is 6.16. The van der Waals surface area contributed by atoms with Gasteiger partial charge in [0.2, 0.25) is 0 Å². The van der Waals surface area contributed by atoms with Gasteiger partial charge in [0, 0.05) is 23.6 Å². The van der Waals surface area contributed by atoms with Gasteiger partial charge >= 0.3 is 11.9 Å². The van der Waals surface area contributed by atoms with Crippen molar-refractivity contribution in [3.05, 3.63) is 53.4 Å². The Balaban J connectivity index is 1.74. The molecule has 0 amide bonds. The van der Waals surface area contributed by atoms with Crippen LogP contribution in [0.25, 0.3) is 11.3 Å². The number of carbonyl (C=O) groups is 2. The Kier molecular flexibility index (Phi) is 4.85. The van der Waals surface area contributed by atoms with Crippen molar-refractivity contribution >= 4 is 34.1 Å². The van der Waals surface area contributed by atoms with Gasteiger partial charge in [0.1, 0.15) is 5.75 Å². The molecule has 8 heteroatoms. The Morgan fingerprint density at radius 2 is 1.92 bits per heavy atom. The summed E-state index contributed by atoms with van der Waals surface area (Å²) >= 11 is 1.34. The fraction of sp³-hybridized carbons (Fsp3) is 0.0556. The van der Waals surface area contributed by atoms with E-state index in [4.69, 9.17) is 9.84 Å². The highest BCUT2D eigenvalue weighted by atomic mass is 32.1. The molecule has 0 spiro atoms. The lowest BCUT2D eigenvalue weighted by molar-refractivity contribution is -0.268. The summed E-state index contributed by atoms with van der Waals surface area (Å²) in [5.74, 6) is -1.75. The maximum atomic E-state index is 11.7. The molecule has 0 aliphatic rings. The van der Waals surface area contributed by atoms with Gasteiger partial charge in [-0.1, -0.05) is 5.75 Å². The topological polar surface area (TPSA) is 112 Å². The van der Waals surface area contributed by atoms with Gasteiger partial charge in [-0.25, -0.2) is 9.78 Å². The van der Waals surface area contributed by atoms with Gasteiger partial charge in [-0.05, 0) is 42.5 Å². The average molecular weight is 369 g/mol. The van der Waals surface area contributed by atoms with Gasteiger partial charge in [0.05, 0.1) is 11.3 Å². The minimum Gasteiger partial charge on any atom is -0.872 e. The van der Waals surface area contributed by atoms with Crippen LogP contribution in [0, 0.1) is 0 Å². The molecule has 0 atom stereocenters. The smallest absolute Gasteiger partial charge is 0.335 e. The number of carboxylic acids is 1. The van der Waals surface area contributed by atoms with Crippen LogP contribution < -0.4 is 15.2 Å². The standard InChI is InChI=1S/C18H14N2O5S/c1-10(21)25-13-5-2-11(3-6-13)15-9-26-18(20-15)19-12-4-7-14(17(23)24)16(22)8-12/h2-9,22H,1H3,(H,19,20)(H,23,24)/p-1. The molecule has 3 rings (SSSR count). The molecule has 26 heavy (non-hydrogen) atoms. The lowest BCUT2D eigenvalue weighted by Gasteiger charge is -2.12. The second-order valence-electron chi connectivity index (χ2n) is 5.30. The molecule has 132 valence electrons. The van der Waals surface area contributed by atoms with Crippen LogP contribution in [0.1, 0.15) is 17.3 Å². The van der Waals surface area contributed by atoms with Crippen molar-refractivity contribution in [3.63, 3.8) is 0 Å². The Morgan fingerprint density at radius 3 is 2.54 bits per heavy atom. The first-order valence-corrected chi connectivity index (χ1v) is 8.36. The third kappa shape index (κ3) is 3.98. The molecule has 0 aliphatic heterocycles. The van der Waals surface area contributed by atoms with Gasteiger partial charge in [0.15, 0.2) is 5.13 Å². The first kappa shape index (κ1) is 17.4. The molecular formula is C18H13N2O5S-. The van der Waals surface area contributed by atoms with Gasteiger partial charge < -0.3 is 20.3 Å². The summed E-state index contributed by atoms with van der Waals surface area (Å²) in [5.41, 5.74) is 1.75. The van der Waals surface area contributed by atoms with E-state index in [1.807, 2.05) is 5.38 Å². The van der Waals surface area contributed by atoms with Crippen molar-refractivity contribution in [2.24, 2.45) is 0 Å². The Morgan fingerprint density at radius 1 is 1.19 bits per heavy atom. The largest absolute Gasteiger partial charge is 0.872 e. The first-order valence-electron chi connectivity index (χ1n) is 7.48. The molecule has 2 aromatic carbocycles. The number of carboxylic acid groups (broad SMARTS) is 1. The van der Waals surface area contributed by atoms with Crippen LogP contribution in [0.5, 0.6) is 11.5 Å². The quantitative estimate of drug-likeness (QED) is 0.524. The molecule has 0 aliphatic carbocycles. The predicted octanol–water partition coefficient (Wildman–Crippen LogP) is 3.25. The third-order valence-electron chi connectivity index (χ3n) is 3.38. The SMILES string of the molecule is CC(=O)Oc1ccc(-c2csc(Nc3ccc(C(=O)O)c([O-])c3)n2)cc1. The van der Waals surface area contributed by atoms with Crippen molar-refractivity contribution in [2.75, 3.05) is 5.32 Å². The van der Waals surface area contributed by atoms with Crippen molar-refractivity contribution < 1.29 is 24.5 Å². The highest BCUT2D eigenvalue weighted by Crippen LogP contribution is 2.29. The minimum atomic E-state index is -1.25. The molecule has 0 fully saturated rings. The lowest BCUT2D eigenvalue weighted by atomic mass is 10.2. The maximum absolute atomic E-state index is 11.7. The molecule has 2 N–H and O–H groups in total. The number of hydrogen-bond acceptors (Lipinski definition) is 7. The number of benzene rings is 2. The Labute approximate surface area is 152 Å². The number of nitrogens with one attached hydrogen (secondary N) is 1. The number of hydrogen-bond donors (Lipinski definition) is 2. The summed E-state index contributed by atoms with van der Waals surface area (Å²) in [5, 5.41) is 26.0. The van der Waals surface area contributed by atoms with Crippen LogP contribution in [0.15, 0.2) is 47.8 Å². The van der Waals surface area contributed by atoms with Gasteiger partial charge in [0.25, 0.3) is 0 Å². The predicted molar refractivity (Wildman–Crippen MR) is 95.0 cm³/mol. The van der Waals surface area contributed by atoms with Crippen molar-refractivity contribution in [3.8, 4) is 22.8 Å². The molecule has 0 saturated heterocycles. The Bertz CT molecular complexity index is 966. The van der Waals surface area contributed by atoms with E-state index in [1.165, 1.54) is 36.5 Å². The summed E-state index contributed by atoms with van der Waals surface area (Å²) in [7, 11) is 0.